The molecule has 140 valence electrons. The fraction of sp³-hybridized carbons (Fsp3) is 0.833. The highest BCUT2D eigenvalue weighted by atomic mass is 16.2. The normalized spacial score (nSPS) is 26.7. The fourth-order valence-electron chi connectivity index (χ4n) is 4.20. The quantitative estimate of drug-likeness (QED) is 0.819. The Kier molecular flexibility index (Phi) is 5.20. The van der Waals surface area contributed by atoms with E-state index in [-0.39, 0.29) is 29.8 Å². The molecule has 7 nitrogen and oxygen atoms in total. The van der Waals surface area contributed by atoms with E-state index in [2.05, 4.69) is 10.2 Å². The summed E-state index contributed by atoms with van der Waals surface area (Å²) >= 11 is 0. The van der Waals surface area contributed by atoms with Crippen LogP contribution in [0.3, 0.4) is 0 Å². The Labute approximate surface area is 149 Å². The van der Waals surface area contributed by atoms with Gasteiger partial charge in [-0.25, -0.2) is 4.79 Å². The number of hydrogen-bond donors (Lipinski definition) is 1. The van der Waals surface area contributed by atoms with Crippen LogP contribution in [0.25, 0.3) is 0 Å². The van der Waals surface area contributed by atoms with Crippen molar-refractivity contribution in [2.75, 3.05) is 46.8 Å². The molecule has 1 aliphatic carbocycles. The molecule has 0 aromatic heterocycles. The summed E-state index contributed by atoms with van der Waals surface area (Å²) in [6.45, 7) is 2.87. The van der Waals surface area contributed by atoms with E-state index in [1.807, 2.05) is 0 Å². The summed E-state index contributed by atoms with van der Waals surface area (Å²) in [7, 11) is 3.28. The van der Waals surface area contributed by atoms with Crippen LogP contribution in [0.4, 0.5) is 4.79 Å². The van der Waals surface area contributed by atoms with Crippen molar-refractivity contribution >= 4 is 17.8 Å². The van der Waals surface area contributed by atoms with Crippen LogP contribution < -0.4 is 5.32 Å². The largest absolute Gasteiger partial charge is 0.342 e. The van der Waals surface area contributed by atoms with Gasteiger partial charge in [0.1, 0.15) is 0 Å². The number of piperidine rings is 1. The molecule has 1 saturated carbocycles. The molecule has 3 rings (SSSR count). The predicted octanol–water partition coefficient (Wildman–Crippen LogP) is 0.899. The number of rotatable bonds is 4. The van der Waals surface area contributed by atoms with E-state index in [9.17, 15) is 14.4 Å². The van der Waals surface area contributed by atoms with Gasteiger partial charge in [-0.2, -0.15) is 0 Å². The van der Waals surface area contributed by atoms with Crippen molar-refractivity contribution in [3.63, 3.8) is 0 Å². The van der Waals surface area contributed by atoms with Crippen molar-refractivity contribution < 1.29 is 14.4 Å². The van der Waals surface area contributed by atoms with Gasteiger partial charge in [0.25, 0.3) is 0 Å². The van der Waals surface area contributed by atoms with Crippen molar-refractivity contribution in [2.45, 2.75) is 38.5 Å². The molecule has 1 atom stereocenters. The molecule has 25 heavy (non-hydrogen) atoms. The van der Waals surface area contributed by atoms with Crippen molar-refractivity contribution in [3.8, 4) is 0 Å². The monoisotopic (exact) mass is 350 g/mol. The molecule has 0 aromatic rings. The summed E-state index contributed by atoms with van der Waals surface area (Å²) < 4.78 is 0. The molecule has 2 aliphatic heterocycles. The number of nitrogens with one attached hydrogen (secondary N) is 1. The molecule has 0 bridgehead atoms. The standard InChI is InChI=1S/C18H30N4O3/c1-20(2)17(25)19-11-15(23)22-10-8-18(13-22)7-4-9-21(16(18)24)12-14-5-3-6-14/h14H,3-13H2,1-2H3,(H,19,25)/t18-/m0/s1. The minimum atomic E-state index is -0.386. The highest BCUT2D eigenvalue weighted by molar-refractivity contribution is 5.87. The summed E-state index contributed by atoms with van der Waals surface area (Å²) in [6, 6.07) is -0.275. The van der Waals surface area contributed by atoms with E-state index in [0.29, 0.717) is 19.0 Å². The average Bonchev–Trinajstić information content (AvgIpc) is 2.97. The Hall–Kier alpha value is -1.79. The van der Waals surface area contributed by atoms with Crippen LogP contribution in [0, 0.1) is 11.3 Å². The lowest BCUT2D eigenvalue weighted by molar-refractivity contribution is -0.147. The number of carbonyl (C=O) groups excluding carboxylic acids is 3. The predicted molar refractivity (Wildman–Crippen MR) is 93.9 cm³/mol. The molecule has 7 heteroatoms. The lowest BCUT2D eigenvalue weighted by Gasteiger charge is -2.42. The average molecular weight is 350 g/mol. The summed E-state index contributed by atoms with van der Waals surface area (Å²) in [5, 5.41) is 2.61. The third-order valence-electron chi connectivity index (χ3n) is 6.03. The molecule has 1 spiro atoms. The van der Waals surface area contributed by atoms with Crippen molar-refractivity contribution in [2.24, 2.45) is 11.3 Å². The first kappa shape index (κ1) is 18.0. The Morgan fingerprint density at radius 1 is 1.20 bits per heavy atom. The minimum Gasteiger partial charge on any atom is -0.342 e. The van der Waals surface area contributed by atoms with Gasteiger partial charge in [0.15, 0.2) is 0 Å². The zero-order valence-corrected chi connectivity index (χ0v) is 15.4. The topological polar surface area (TPSA) is 73.0 Å². The summed E-state index contributed by atoms with van der Waals surface area (Å²) in [4.78, 5) is 42.2. The van der Waals surface area contributed by atoms with Crippen LogP contribution in [0.5, 0.6) is 0 Å². The highest BCUT2D eigenvalue weighted by Crippen LogP contribution is 2.41. The van der Waals surface area contributed by atoms with Crippen molar-refractivity contribution in [1.82, 2.24) is 20.0 Å². The summed E-state index contributed by atoms with van der Waals surface area (Å²) in [6.07, 6.45) is 6.43. The van der Waals surface area contributed by atoms with Crippen molar-refractivity contribution in [1.29, 1.82) is 0 Å². The van der Waals surface area contributed by atoms with Crippen LogP contribution in [-0.4, -0.2) is 79.4 Å². The van der Waals surface area contributed by atoms with Gasteiger partial charge in [-0.3, -0.25) is 9.59 Å². The van der Waals surface area contributed by atoms with Crippen LogP contribution in [0.2, 0.25) is 0 Å². The van der Waals surface area contributed by atoms with E-state index in [4.69, 9.17) is 0 Å². The van der Waals surface area contributed by atoms with Crippen LogP contribution >= 0.6 is 0 Å². The molecular formula is C18H30N4O3. The van der Waals surface area contributed by atoms with E-state index in [0.717, 1.165) is 32.4 Å². The molecule has 0 aromatic carbocycles. The molecule has 1 N–H and O–H groups in total. The van der Waals surface area contributed by atoms with Gasteiger partial charge in [-0.15, -0.1) is 0 Å². The number of urea groups is 1. The molecule has 3 aliphatic rings. The van der Waals surface area contributed by atoms with E-state index >= 15 is 0 Å². The van der Waals surface area contributed by atoms with Gasteiger partial charge in [0.2, 0.25) is 11.8 Å². The van der Waals surface area contributed by atoms with Gasteiger partial charge < -0.3 is 20.0 Å². The second-order valence-corrected chi connectivity index (χ2v) is 8.05. The molecule has 2 heterocycles. The van der Waals surface area contributed by atoms with Crippen LogP contribution in [-0.2, 0) is 9.59 Å². The number of carbonyl (C=O) groups is 3. The third-order valence-corrected chi connectivity index (χ3v) is 6.03. The molecule has 0 radical (unpaired) electrons. The first-order valence-corrected chi connectivity index (χ1v) is 9.44. The van der Waals surface area contributed by atoms with E-state index in [1.54, 1.807) is 19.0 Å². The van der Waals surface area contributed by atoms with Gasteiger partial charge >= 0.3 is 6.03 Å². The fourth-order valence-corrected chi connectivity index (χ4v) is 4.20. The Morgan fingerprint density at radius 3 is 2.60 bits per heavy atom. The van der Waals surface area contributed by atoms with Gasteiger partial charge in [-0.05, 0) is 38.0 Å². The van der Waals surface area contributed by atoms with Gasteiger partial charge in [0, 0.05) is 40.3 Å². The second kappa shape index (κ2) is 7.22. The highest BCUT2D eigenvalue weighted by Gasteiger charge is 2.49. The maximum Gasteiger partial charge on any atom is 0.317 e. The number of nitrogens with zero attached hydrogens (tertiary/aromatic N) is 3. The van der Waals surface area contributed by atoms with Crippen LogP contribution in [0.1, 0.15) is 38.5 Å². The summed E-state index contributed by atoms with van der Waals surface area (Å²) in [5.74, 6) is 0.828. The SMILES string of the molecule is CN(C)C(=O)NCC(=O)N1CC[C@@]2(CCCN(CC3CCC3)C2=O)C1. The molecule has 4 amide bonds. The lowest BCUT2D eigenvalue weighted by Crippen LogP contribution is -2.52. The van der Waals surface area contributed by atoms with Crippen LogP contribution in [0.15, 0.2) is 0 Å². The molecule has 2 saturated heterocycles. The zero-order chi connectivity index (χ0) is 18.0. The molecule has 3 fully saturated rings. The Bertz CT molecular complexity index is 546. The van der Waals surface area contributed by atoms with Gasteiger partial charge in [0.05, 0.1) is 12.0 Å². The van der Waals surface area contributed by atoms with Crippen molar-refractivity contribution in [3.05, 3.63) is 0 Å². The Morgan fingerprint density at radius 2 is 1.96 bits per heavy atom. The maximum absolute atomic E-state index is 13.1. The number of amides is 4. The van der Waals surface area contributed by atoms with Gasteiger partial charge in [-0.1, -0.05) is 6.42 Å². The van der Waals surface area contributed by atoms with E-state index < -0.39 is 0 Å². The van der Waals surface area contributed by atoms with E-state index in [1.165, 1.54) is 24.2 Å². The second-order valence-electron chi connectivity index (χ2n) is 8.05. The molecule has 0 unspecified atom stereocenters. The lowest BCUT2D eigenvalue weighted by atomic mass is 9.77. The Balaban J connectivity index is 1.55. The summed E-state index contributed by atoms with van der Waals surface area (Å²) in [5.41, 5.74) is -0.386. The number of hydrogen-bond acceptors (Lipinski definition) is 3. The zero-order valence-electron chi connectivity index (χ0n) is 15.4. The number of likely N-dealkylation sites (tertiary alicyclic amines) is 2. The smallest absolute Gasteiger partial charge is 0.317 e. The first-order chi connectivity index (χ1) is 11.9. The third kappa shape index (κ3) is 3.75. The first-order valence-electron chi connectivity index (χ1n) is 9.44. The maximum atomic E-state index is 13.1. The molecular weight excluding hydrogens is 320 g/mol. The minimum absolute atomic E-state index is 0.00687.